The first-order valence-electron chi connectivity index (χ1n) is 7.77. The van der Waals surface area contributed by atoms with Crippen molar-refractivity contribution in [2.75, 3.05) is 0 Å². The molecule has 3 rings (SSSR count). The van der Waals surface area contributed by atoms with E-state index in [-0.39, 0.29) is 29.4 Å². The molecule has 0 spiro atoms. The number of fused-ring (bicyclic) bond motifs is 2. The maximum absolute atomic E-state index is 11.9. The molecule has 0 N–H and O–H groups in total. The Balaban J connectivity index is 2.08. The highest BCUT2D eigenvalue weighted by atomic mass is 16.5. The Labute approximate surface area is 130 Å². The van der Waals surface area contributed by atoms with Crippen molar-refractivity contribution in [3.8, 4) is 0 Å². The van der Waals surface area contributed by atoms with Gasteiger partial charge in [0.05, 0.1) is 0 Å². The van der Waals surface area contributed by atoms with E-state index in [2.05, 4.69) is 19.9 Å². The second kappa shape index (κ2) is 4.83. The smallest absolute Gasteiger partial charge is 0.339 e. The minimum Gasteiger partial charge on any atom is -0.462 e. The lowest BCUT2D eigenvalue weighted by Crippen LogP contribution is -2.43. The highest BCUT2D eigenvalue weighted by Crippen LogP contribution is 2.56. The predicted octanol–water partition coefficient (Wildman–Crippen LogP) is 3.44. The fraction of sp³-hybridized carbons (Fsp3) is 0.556. The average Bonchev–Trinajstić information content (AvgIpc) is 2.71. The molecule has 3 atom stereocenters. The van der Waals surface area contributed by atoms with E-state index in [1.54, 1.807) is 0 Å². The van der Waals surface area contributed by atoms with Crippen LogP contribution in [0, 0.1) is 11.3 Å². The Morgan fingerprint density at radius 3 is 2.68 bits per heavy atom. The van der Waals surface area contributed by atoms with Crippen LogP contribution in [-0.4, -0.2) is 18.0 Å². The topological polar surface area (TPSA) is 52.6 Å². The van der Waals surface area contributed by atoms with Crippen LogP contribution in [0.4, 0.5) is 0 Å². The number of hydrogen-bond donors (Lipinski definition) is 0. The highest BCUT2D eigenvalue weighted by Gasteiger charge is 2.49. The van der Waals surface area contributed by atoms with Gasteiger partial charge in [0.2, 0.25) is 0 Å². The van der Waals surface area contributed by atoms with Gasteiger partial charge in [-0.25, -0.2) is 4.79 Å². The van der Waals surface area contributed by atoms with Gasteiger partial charge in [0.1, 0.15) is 11.9 Å². The molecule has 3 aliphatic rings. The monoisotopic (exact) mass is 302 g/mol. The summed E-state index contributed by atoms with van der Waals surface area (Å²) in [7, 11) is 0. The minimum absolute atomic E-state index is 0.112. The number of rotatable bonds is 1. The van der Waals surface area contributed by atoms with Gasteiger partial charge in [0.15, 0.2) is 0 Å². The molecule has 0 amide bonds. The summed E-state index contributed by atoms with van der Waals surface area (Å²) in [5.41, 5.74) is 3.84. The van der Waals surface area contributed by atoms with E-state index in [1.807, 2.05) is 13.8 Å². The van der Waals surface area contributed by atoms with Crippen LogP contribution < -0.4 is 0 Å². The fourth-order valence-electron chi connectivity index (χ4n) is 4.06. The quantitative estimate of drug-likeness (QED) is 0.696. The zero-order valence-corrected chi connectivity index (χ0v) is 13.8. The van der Waals surface area contributed by atoms with Crippen molar-refractivity contribution >= 4 is 11.9 Å². The van der Waals surface area contributed by atoms with Crippen molar-refractivity contribution in [3.05, 3.63) is 34.1 Å². The molecule has 0 aromatic carbocycles. The number of allylic oxidation sites excluding steroid dienone is 3. The van der Waals surface area contributed by atoms with Crippen molar-refractivity contribution in [3.63, 3.8) is 0 Å². The second-order valence-electron chi connectivity index (χ2n) is 6.83. The van der Waals surface area contributed by atoms with E-state index < -0.39 is 0 Å². The first kappa shape index (κ1) is 15.1. The van der Waals surface area contributed by atoms with Crippen molar-refractivity contribution in [2.24, 2.45) is 11.3 Å². The largest absolute Gasteiger partial charge is 0.462 e. The molecule has 4 heteroatoms. The van der Waals surface area contributed by atoms with Gasteiger partial charge in [-0.2, -0.15) is 0 Å². The maximum atomic E-state index is 11.9. The molecule has 1 aliphatic heterocycles. The Kier molecular flexibility index (Phi) is 3.31. The molecule has 0 fully saturated rings. The van der Waals surface area contributed by atoms with Gasteiger partial charge in [-0.1, -0.05) is 19.9 Å². The zero-order chi connectivity index (χ0) is 16.2. The van der Waals surface area contributed by atoms with Crippen LogP contribution in [0.5, 0.6) is 0 Å². The lowest BCUT2D eigenvalue weighted by Gasteiger charge is -2.47. The molecule has 1 heterocycles. The number of ether oxygens (including phenoxy) is 2. The van der Waals surface area contributed by atoms with Gasteiger partial charge in [-0.3, -0.25) is 4.79 Å². The number of carbonyl (C=O) groups is 2. The summed E-state index contributed by atoms with van der Waals surface area (Å²) in [5.74, 6) is 0.445. The van der Waals surface area contributed by atoms with E-state index in [0.717, 1.165) is 23.3 Å². The van der Waals surface area contributed by atoms with Crippen LogP contribution in [0.25, 0.3) is 0 Å². The first-order valence-corrected chi connectivity index (χ1v) is 7.77. The molecule has 2 aliphatic carbocycles. The fourth-order valence-corrected chi connectivity index (χ4v) is 4.06. The number of esters is 2. The normalized spacial score (nSPS) is 34.0. The van der Waals surface area contributed by atoms with Crippen LogP contribution in [0.2, 0.25) is 0 Å². The summed E-state index contributed by atoms with van der Waals surface area (Å²) in [6.07, 6.45) is 3.50. The van der Waals surface area contributed by atoms with Gasteiger partial charge in [0, 0.05) is 35.8 Å². The van der Waals surface area contributed by atoms with Crippen LogP contribution in [-0.2, 0) is 19.1 Å². The van der Waals surface area contributed by atoms with Crippen molar-refractivity contribution < 1.29 is 19.1 Å². The lowest BCUT2D eigenvalue weighted by molar-refractivity contribution is -0.151. The maximum Gasteiger partial charge on any atom is 0.339 e. The van der Waals surface area contributed by atoms with E-state index in [1.165, 1.54) is 12.5 Å². The third-order valence-corrected chi connectivity index (χ3v) is 5.57. The first-order chi connectivity index (χ1) is 10.3. The van der Waals surface area contributed by atoms with Gasteiger partial charge < -0.3 is 9.47 Å². The molecule has 0 radical (unpaired) electrons. The molecule has 3 unspecified atom stereocenters. The van der Waals surface area contributed by atoms with Gasteiger partial charge in [0.25, 0.3) is 0 Å². The highest BCUT2D eigenvalue weighted by molar-refractivity contribution is 5.94. The van der Waals surface area contributed by atoms with Gasteiger partial charge in [-0.15, -0.1) is 0 Å². The SMILES string of the molecule is CC(=O)OC1CC=C2C(C)=C3OC(=O)C(C)=C3CC2(C)C1C. The standard InChI is InChI=1S/C18H22O4/c1-9-13-8-18(5)11(3)15(21-12(4)19)7-6-14(18)10(2)16(13)22-17(9)20/h6,11,15H,7-8H2,1-5H3. The molecule has 0 saturated carbocycles. The number of hydrogen-bond acceptors (Lipinski definition) is 4. The lowest BCUT2D eigenvalue weighted by atomic mass is 9.58. The average molecular weight is 302 g/mol. The van der Waals surface area contributed by atoms with Gasteiger partial charge >= 0.3 is 11.9 Å². The summed E-state index contributed by atoms with van der Waals surface area (Å²) in [5, 5.41) is 0. The molecule has 0 aromatic heterocycles. The van der Waals surface area contributed by atoms with E-state index >= 15 is 0 Å². The molecule has 0 aromatic rings. The summed E-state index contributed by atoms with van der Waals surface area (Å²) in [4.78, 5) is 23.2. The van der Waals surface area contributed by atoms with Crippen LogP contribution in [0.3, 0.4) is 0 Å². The Bertz CT molecular complexity index is 665. The predicted molar refractivity (Wildman–Crippen MR) is 81.6 cm³/mol. The van der Waals surface area contributed by atoms with E-state index in [0.29, 0.717) is 12.0 Å². The third-order valence-electron chi connectivity index (χ3n) is 5.57. The van der Waals surface area contributed by atoms with Crippen molar-refractivity contribution in [1.29, 1.82) is 0 Å². The van der Waals surface area contributed by atoms with Gasteiger partial charge in [-0.05, 0) is 31.4 Å². The van der Waals surface area contributed by atoms with Crippen LogP contribution in [0.15, 0.2) is 34.1 Å². The Morgan fingerprint density at radius 1 is 1.36 bits per heavy atom. The summed E-state index contributed by atoms with van der Waals surface area (Å²) in [6.45, 7) is 9.62. The van der Waals surface area contributed by atoms with E-state index in [9.17, 15) is 9.59 Å². The Morgan fingerprint density at radius 2 is 2.05 bits per heavy atom. The Hall–Kier alpha value is -1.84. The summed E-state index contributed by atoms with van der Waals surface area (Å²) < 4.78 is 10.9. The molecular weight excluding hydrogens is 280 g/mol. The molecule has 0 saturated heterocycles. The van der Waals surface area contributed by atoms with Crippen molar-refractivity contribution in [1.82, 2.24) is 0 Å². The zero-order valence-electron chi connectivity index (χ0n) is 13.8. The molecule has 0 bridgehead atoms. The molecular formula is C18H22O4. The van der Waals surface area contributed by atoms with Crippen molar-refractivity contribution in [2.45, 2.75) is 53.6 Å². The minimum atomic E-state index is -0.240. The molecule has 118 valence electrons. The third kappa shape index (κ3) is 1.97. The molecule has 22 heavy (non-hydrogen) atoms. The summed E-state index contributed by atoms with van der Waals surface area (Å²) in [6, 6.07) is 0. The van der Waals surface area contributed by atoms with Crippen LogP contribution >= 0.6 is 0 Å². The number of carbonyl (C=O) groups excluding carboxylic acids is 2. The van der Waals surface area contributed by atoms with E-state index in [4.69, 9.17) is 9.47 Å². The second-order valence-corrected chi connectivity index (χ2v) is 6.83. The van der Waals surface area contributed by atoms with Crippen LogP contribution in [0.1, 0.15) is 47.5 Å². The summed E-state index contributed by atoms with van der Waals surface area (Å²) >= 11 is 0. The molecule has 4 nitrogen and oxygen atoms in total.